The number of nitrogens with zero attached hydrogens (tertiary/aromatic N) is 1. The number of hydrogen-bond acceptors (Lipinski definition) is 4. The lowest BCUT2D eigenvalue weighted by molar-refractivity contribution is 0.0854. The molecule has 2 N–H and O–H groups in total. The molecule has 0 aromatic heterocycles. The van der Waals surface area contributed by atoms with E-state index in [-0.39, 0.29) is 6.04 Å². The van der Waals surface area contributed by atoms with Crippen LogP contribution in [0.4, 0.5) is 5.69 Å². The van der Waals surface area contributed by atoms with Crippen molar-refractivity contribution in [1.82, 2.24) is 0 Å². The largest absolute Gasteiger partial charge is 0.496 e. The predicted octanol–water partition coefficient (Wildman–Crippen LogP) is 2.33. The molecule has 106 valence electrons. The van der Waals surface area contributed by atoms with Crippen molar-refractivity contribution < 1.29 is 9.47 Å². The van der Waals surface area contributed by atoms with Crippen molar-refractivity contribution in [3.63, 3.8) is 0 Å². The second kappa shape index (κ2) is 6.26. The lowest BCUT2D eigenvalue weighted by Crippen LogP contribution is -2.37. The normalized spacial score (nSPS) is 18.1. The average molecular weight is 264 g/mol. The van der Waals surface area contributed by atoms with Gasteiger partial charge in [0.2, 0.25) is 0 Å². The van der Waals surface area contributed by atoms with Gasteiger partial charge in [0.25, 0.3) is 0 Å². The Labute approximate surface area is 115 Å². The quantitative estimate of drug-likeness (QED) is 0.906. The van der Waals surface area contributed by atoms with Gasteiger partial charge >= 0.3 is 0 Å². The van der Waals surface area contributed by atoms with Crippen LogP contribution in [0, 0.1) is 0 Å². The van der Waals surface area contributed by atoms with E-state index in [1.807, 2.05) is 19.1 Å². The predicted molar refractivity (Wildman–Crippen MR) is 77.8 cm³/mol. The van der Waals surface area contributed by atoms with Gasteiger partial charge in [0.1, 0.15) is 5.75 Å². The third-order valence-electron chi connectivity index (χ3n) is 3.84. The number of hydrogen-bond donors (Lipinski definition) is 1. The molecule has 4 nitrogen and oxygen atoms in total. The summed E-state index contributed by atoms with van der Waals surface area (Å²) >= 11 is 0. The minimum absolute atomic E-state index is 0.0477. The molecule has 4 heteroatoms. The minimum atomic E-state index is -0.0477. The topological polar surface area (TPSA) is 47.7 Å². The van der Waals surface area contributed by atoms with Crippen LogP contribution in [0.5, 0.6) is 5.75 Å². The van der Waals surface area contributed by atoms with Crippen LogP contribution in [0.15, 0.2) is 18.2 Å². The van der Waals surface area contributed by atoms with Crippen molar-refractivity contribution in [3.8, 4) is 5.75 Å². The van der Waals surface area contributed by atoms with Gasteiger partial charge in [-0.3, -0.25) is 0 Å². The van der Waals surface area contributed by atoms with Crippen LogP contribution < -0.4 is 15.4 Å². The van der Waals surface area contributed by atoms with Gasteiger partial charge in [-0.05, 0) is 31.9 Å². The Kier molecular flexibility index (Phi) is 4.66. The Morgan fingerprint density at radius 2 is 2.05 bits per heavy atom. The molecule has 0 saturated carbocycles. The Balaban J connectivity index is 2.32. The van der Waals surface area contributed by atoms with Crippen molar-refractivity contribution in [2.24, 2.45) is 5.73 Å². The number of anilines is 1. The standard InChI is InChI=1S/C15H24N2O2/c1-11(16)15-13(5-4-6-14(15)18-3)17(2)12-7-9-19-10-8-12/h4-6,11-12H,7-10,16H2,1-3H3/t11-/m0/s1. The SMILES string of the molecule is COc1cccc(N(C)C2CCOCC2)c1[C@H](C)N. The molecule has 1 atom stereocenters. The van der Waals surface area contributed by atoms with Crippen molar-refractivity contribution in [2.45, 2.75) is 31.8 Å². The van der Waals surface area contributed by atoms with Crippen LogP contribution in [0.1, 0.15) is 31.4 Å². The molecule has 1 fully saturated rings. The fraction of sp³-hybridized carbons (Fsp3) is 0.600. The van der Waals surface area contributed by atoms with Gasteiger partial charge < -0.3 is 20.1 Å². The maximum atomic E-state index is 6.13. The third-order valence-corrected chi connectivity index (χ3v) is 3.84. The Morgan fingerprint density at radius 1 is 1.37 bits per heavy atom. The molecule has 1 heterocycles. The van der Waals surface area contributed by atoms with Gasteiger partial charge in [0.15, 0.2) is 0 Å². The van der Waals surface area contributed by atoms with Crippen LogP contribution in [0.2, 0.25) is 0 Å². The van der Waals surface area contributed by atoms with Gasteiger partial charge in [-0.1, -0.05) is 6.07 Å². The molecule has 0 radical (unpaired) electrons. The zero-order chi connectivity index (χ0) is 13.8. The first-order chi connectivity index (χ1) is 9.15. The number of benzene rings is 1. The van der Waals surface area contributed by atoms with E-state index in [0.29, 0.717) is 6.04 Å². The molecule has 0 spiro atoms. The van der Waals surface area contributed by atoms with E-state index >= 15 is 0 Å². The second-order valence-electron chi connectivity index (χ2n) is 5.14. The molecular weight excluding hydrogens is 240 g/mol. The smallest absolute Gasteiger partial charge is 0.125 e. The van der Waals surface area contributed by atoms with Crippen LogP contribution in [-0.2, 0) is 4.74 Å². The van der Waals surface area contributed by atoms with E-state index < -0.39 is 0 Å². The Hall–Kier alpha value is -1.26. The summed E-state index contributed by atoms with van der Waals surface area (Å²) in [5.41, 5.74) is 8.38. The van der Waals surface area contributed by atoms with E-state index in [0.717, 1.165) is 37.4 Å². The van der Waals surface area contributed by atoms with Gasteiger partial charge in [-0.2, -0.15) is 0 Å². The molecule has 1 aromatic carbocycles. The number of rotatable bonds is 4. The summed E-state index contributed by atoms with van der Waals surface area (Å²) in [5.74, 6) is 0.867. The lowest BCUT2D eigenvalue weighted by atomic mass is 10.0. The summed E-state index contributed by atoms with van der Waals surface area (Å²) in [6.07, 6.45) is 2.12. The maximum Gasteiger partial charge on any atom is 0.125 e. The highest BCUT2D eigenvalue weighted by molar-refractivity contribution is 5.61. The van der Waals surface area contributed by atoms with E-state index in [4.69, 9.17) is 15.2 Å². The molecule has 1 saturated heterocycles. The Morgan fingerprint density at radius 3 is 2.63 bits per heavy atom. The molecule has 19 heavy (non-hydrogen) atoms. The zero-order valence-electron chi connectivity index (χ0n) is 12.1. The van der Waals surface area contributed by atoms with E-state index in [1.165, 1.54) is 5.69 Å². The van der Waals surface area contributed by atoms with Crippen molar-refractivity contribution >= 4 is 5.69 Å². The number of ether oxygens (including phenoxy) is 2. The summed E-state index contributed by atoms with van der Waals surface area (Å²) in [7, 11) is 3.83. The summed E-state index contributed by atoms with van der Waals surface area (Å²) in [4.78, 5) is 2.32. The minimum Gasteiger partial charge on any atom is -0.496 e. The highest BCUT2D eigenvalue weighted by Crippen LogP contribution is 2.35. The van der Waals surface area contributed by atoms with Gasteiger partial charge in [0.05, 0.1) is 7.11 Å². The first-order valence-electron chi connectivity index (χ1n) is 6.88. The van der Waals surface area contributed by atoms with Crippen LogP contribution in [-0.4, -0.2) is 33.4 Å². The maximum absolute atomic E-state index is 6.13. The zero-order valence-corrected chi connectivity index (χ0v) is 12.1. The van der Waals surface area contributed by atoms with Crippen molar-refractivity contribution in [2.75, 3.05) is 32.3 Å². The molecule has 0 unspecified atom stereocenters. The molecule has 1 aromatic rings. The van der Waals surface area contributed by atoms with Crippen LogP contribution >= 0.6 is 0 Å². The first kappa shape index (κ1) is 14.2. The van der Waals surface area contributed by atoms with Gasteiger partial charge in [-0.25, -0.2) is 0 Å². The van der Waals surface area contributed by atoms with Crippen molar-refractivity contribution in [3.05, 3.63) is 23.8 Å². The molecule has 0 bridgehead atoms. The fourth-order valence-electron chi connectivity index (χ4n) is 2.74. The monoisotopic (exact) mass is 264 g/mol. The lowest BCUT2D eigenvalue weighted by Gasteiger charge is -2.35. The molecule has 0 amide bonds. The summed E-state index contributed by atoms with van der Waals surface area (Å²) in [6.45, 7) is 3.68. The van der Waals surface area contributed by atoms with Gasteiger partial charge in [-0.15, -0.1) is 0 Å². The highest BCUT2D eigenvalue weighted by Gasteiger charge is 2.23. The summed E-state index contributed by atoms with van der Waals surface area (Å²) < 4.78 is 10.9. The van der Waals surface area contributed by atoms with E-state index in [2.05, 4.69) is 18.0 Å². The summed E-state index contributed by atoms with van der Waals surface area (Å²) in [5, 5.41) is 0. The second-order valence-corrected chi connectivity index (χ2v) is 5.14. The number of nitrogens with two attached hydrogens (primary N) is 1. The van der Waals surface area contributed by atoms with Crippen LogP contribution in [0.3, 0.4) is 0 Å². The Bertz CT molecular complexity index is 415. The molecule has 0 aliphatic carbocycles. The average Bonchev–Trinajstić information content (AvgIpc) is 2.46. The molecule has 2 rings (SSSR count). The fourth-order valence-corrected chi connectivity index (χ4v) is 2.74. The third kappa shape index (κ3) is 3.01. The van der Waals surface area contributed by atoms with Crippen LogP contribution in [0.25, 0.3) is 0 Å². The first-order valence-corrected chi connectivity index (χ1v) is 6.88. The molecular formula is C15H24N2O2. The highest BCUT2D eigenvalue weighted by atomic mass is 16.5. The van der Waals surface area contributed by atoms with Crippen molar-refractivity contribution in [1.29, 1.82) is 0 Å². The summed E-state index contributed by atoms with van der Waals surface area (Å²) in [6, 6.07) is 6.58. The molecule has 1 aliphatic rings. The molecule has 1 aliphatic heterocycles. The number of methoxy groups -OCH3 is 1. The van der Waals surface area contributed by atoms with E-state index in [9.17, 15) is 0 Å². The van der Waals surface area contributed by atoms with E-state index in [1.54, 1.807) is 7.11 Å². The van der Waals surface area contributed by atoms with Gasteiger partial charge in [0, 0.05) is 43.6 Å².